The SMILES string of the molecule is CCc1cnc(CN2CCNC(CC)C2)s1. The van der Waals surface area contributed by atoms with E-state index >= 15 is 0 Å². The molecule has 0 aromatic carbocycles. The van der Waals surface area contributed by atoms with E-state index in [0.29, 0.717) is 6.04 Å². The van der Waals surface area contributed by atoms with Gasteiger partial charge in [0.15, 0.2) is 0 Å². The molecule has 90 valence electrons. The second kappa shape index (κ2) is 5.75. The Balaban J connectivity index is 1.88. The zero-order valence-electron chi connectivity index (χ0n) is 10.2. The van der Waals surface area contributed by atoms with Crippen LogP contribution in [0.25, 0.3) is 0 Å². The number of thiazole rings is 1. The molecule has 1 aliphatic heterocycles. The van der Waals surface area contributed by atoms with E-state index in [0.717, 1.165) is 32.6 Å². The molecule has 0 radical (unpaired) electrons. The van der Waals surface area contributed by atoms with Gasteiger partial charge in [0, 0.05) is 36.8 Å². The van der Waals surface area contributed by atoms with Gasteiger partial charge < -0.3 is 5.32 Å². The lowest BCUT2D eigenvalue weighted by Gasteiger charge is -2.32. The van der Waals surface area contributed by atoms with E-state index in [1.807, 2.05) is 17.5 Å². The fourth-order valence-corrected chi connectivity index (χ4v) is 2.99. The summed E-state index contributed by atoms with van der Waals surface area (Å²) in [7, 11) is 0. The molecule has 2 heterocycles. The first kappa shape index (κ1) is 12.0. The van der Waals surface area contributed by atoms with Crippen molar-refractivity contribution in [3.8, 4) is 0 Å². The molecule has 1 N–H and O–H groups in total. The van der Waals surface area contributed by atoms with Crippen molar-refractivity contribution >= 4 is 11.3 Å². The molecule has 16 heavy (non-hydrogen) atoms. The van der Waals surface area contributed by atoms with Crippen LogP contribution in [-0.4, -0.2) is 35.6 Å². The summed E-state index contributed by atoms with van der Waals surface area (Å²) in [6.07, 6.45) is 4.35. The number of nitrogens with zero attached hydrogens (tertiary/aromatic N) is 2. The molecule has 1 fully saturated rings. The van der Waals surface area contributed by atoms with Gasteiger partial charge in [-0.2, -0.15) is 0 Å². The van der Waals surface area contributed by atoms with Crippen LogP contribution in [0.15, 0.2) is 6.20 Å². The monoisotopic (exact) mass is 239 g/mol. The van der Waals surface area contributed by atoms with Crippen molar-refractivity contribution in [2.45, 2.75) is 39.3 Å². The number of rotatable bonds is 4. The third-order valence-corrected chi connectivity index (χ3v) is 4.27. The quantitative estimate of drug-likeness (QED) is 0.869. The molecule has 3 nitrogen and oxygen atoms in total. The lowest BCUT2D eigenvalue weighted by molar-refractivity contribution is 0.190. The zero-order valence-corrected chi connectivity index (χ0v) is 11.0. The van der Waals surface area contributed by atoms with Gasteiger partial charge in [0.05, 0.1) is 6.54 Å². The molecule has 0 saturated carbocycles. The summed E-state index contributed by atoms with van der Waals surface area (Å²) >= 11 is 1.86. The summed E-state index contributed by atoms with van der Waals surface area (Å²) in [5, 5.41) is 4.81. The van der Waals surface area contributed by atoms with E-state index in [4.69, 9.17) is 0 Å². The summed E-state index contributed by atoms with van der Waals surface area (Å²) in [6.45, 7) is 8.90. The van der Waals surface area contributed by atoms with E-state index in [-0.39, 0.29) is 0 Å². The fourth-order valence-electron chi connectivity index (χ4n) is 2.09. The number of aromatic nitrogens is 1. The molecule has 1 aliphatic rings. The molecule has 0 bridgehead atoms. The van der Waals surface area contributed by atoms with Crippen molar-refractivity contribution in [1.82, 2.24) is 15.2 Å². The number of nitrogens with one attached hydrogen (secondary N) is 1. The van der Waals surface area contributed by atoms with Gasteiger partial charge in [0.2, 0.25) is 0 Å². The first-order valence-electron chi connectivity index (χ1n) is 6.21. The van der Waals surface area contributed by atoms with Crippen molar-refractivity contribution in [3.63, 3.8) is 0 Å². The summed E-state index contributed by atoms with van der Waals surface area (Å²) in [5.74, 6) is 0. The van der Waals surface area contributed by atoms with Crippen LogP contribution in [-0.2, 0) is 13.0 Å². The lowest BCUT2D eigenvalue weighted by Crippen LogP contribution is -2.49. The van der Waals surface area contributed by atoms with Crippen LogP contribution in [0.2, 0.25) is 0 Å². The Hall–Kier alpha value is -0.450. The maximum absolute atomic E-state index is 4.49. The fraction of sp³-hybridized carbons (Fsp3) is 0.750. The maximum Gasteiger partial charge on any atom is 0.107 e. The maximum atomic E-state index is 4.49. The Kier molecular flexibility index (Phi) is 4.32. The molecule has 4 heteroatoms. The van der Waals surface area contributed by atoms with Crippen LogP contribution in [0, 0.1) is 0 Å². The van der Waals surface area contributed by atoms with Gasteiger partial charge in [-0.05, 0) is 12.8 Å². The van der Waals surface area contributed by atoms with Gasteiger partial charge in [-0.25, -0.2) is 4.98 Å². The van der Waals surface area contributed by atoms with Crippen molar-refractivity contribution in [1.29, 1.82) is 0 Å². The highest BCUT2D eigenvalue weighted by Gasteiger charge is 2.18. The lowest BCUT2D eigenvalue weighted by atomic mass is 10.1. The molecule has 1 aromatic rings. The van der Waals surface area contributed by atoms with Gasteiger partial charge in [-0.1, -0.05) is 13.8 Å². The van der Waals surface area contributed by atoms with Crippen LogP contribution >= 0.6 is 11.3 Å². The van der Waals surface area contributed by atoms with Crippen LogP contribution < -0.4 is 5.32 Å². The topological polar surface area (TPSA) is 28.2 Å². The van der Waals surface area contributed by atoms with Gasteiger partial charge >= 0.3 is 0 Å². The summed E-state index contributed by atoms with van der Waals surface area (Å²) in [4.78, 5) is 8.41. The molecule has 0 aliphatic carbocycles. The molecular formula is C12H21N3S. The van der Waals surface area contributed by atoms with Crippen molar-refractivity contribution in [3.05, 3.63) is 16.1 Å². The highest BCUT2D eigenvalue weighted by atomic mass is 32.1. The summed E-state index contributed by atoms with van der Waals surface area (Å²) in [5.41, 5.74) is 0. The normalized spacial score (nSPS) is 22.5. The molecule has 2 rings (SSSR count). The van der Waals surface area contributed by atoms with E-state index in [1.54, 1.807) is 0 Å². The van der Waals surface area contributed by atoms with Crippen molar-refractivity contribution in [2.75, 3.05) is 19.6 Å². The van der Waals surface area contributed by atoms with E-state index in [1.165, 1.54) is 16.3 Å². The predicted molar refractivity (Wildman–Crippen MR) is 68.9 cm³/mol. The smallest absolute Gasteiger partial charge is 0.107 e. The largest absolute Gasteiger partial charge is 0.311 e. The van der Waals surface area contributed by atoms with Crippen molar-refractivity contribution in [2.24, 2.45) is 0 Å². The Labute approximate surface area is 102 Å². The number of piperazine rings is 1. The minimum absolute atomic E-state index is 0.666. The Bertz CT molecular complexity index is 324. The Morgan fingerprint density at radius 2 is 2.44 bits per heavy atom. The molecule has 1 aromatic heterocycles. The second-order valence-corrected chi connectivity index (χ2v) is 5.57. The molecule has 0 amide bonds. The number of aryl methyl sites for hydroxylation is 1. The Morgan fingerprint density at radius 3 is 3.12 bits per heavy atom. The van der Waals surface area contributed by atoms with E-state index in [2.05, 4.69) is 29.0 Å². The standard InChI is InChI=1S/C12H21N3S/c1-3-10-8-15(6-5-13-10)9-12-14-7-11(4-2)16-12/h7,10,13H,3-6,8-9H2,1-2H3. The predicted octanol–water partition coefficient (Wildman–Crippen LogP) is 1.89. The van der Waals surface area contributed by atoms with Crippen LogP contribution in [0.1, 0.15) is 30.2 Å². The number of hydrogen-bond acceptors (Lipinski definition) is 4. The van der Waals surface area contributed by atoms with E-state index < -0.39 is 0 Å². The van der Waals surface area contributed by atoms with Gasteiger partial charge in [-0.3, -0.25) is 4.90 Å². The van der Waals surface area contributed by atoms with Gasteiger partial charge in [-0.15, -0.1) is 11.3 Å². The van der Waals surface area contributed by atoms with Crippen LogP contribution in [0.4, 0.5) is 0 Å². The third-order valence-electron chi connectivity index (χ3n) is 3.14. The highest BCUT2D eigenvalue weighted by Crippen LogP contribution is 2.16. The first-order chi connectivity index (χ1) is 7.81. The first-order valence-corrected chi connectivity index (χ1v) is 7.02. The average molecular weight is 239 g/mol. The molecule has 1 atom stereocenters. The number of hydrogen-bond donors (Lipinski definition) is 1. The zero-order chi connectivity index (χ0) is 11.4. The van der Waals surface area contributed by atoms with Crippen molar-refractivity contribution < 1.29 is 0 Å². The van der Waals surface area contributed by atoms with Crippen LogP contribution in [0.5, 0.6) is 0 Å². The highest BCUT2D eigenvalue weighted by molar-refractivity contribution is 7.11. The Morgan fingerprint density at radius 1 is 1.56 bits per heavy atom. The minimum Gasteiger partial charge on any atom is -0.311 e. The molecule has 1 unspecified atom stereocenters. The van der Waals surface area contributed by atoms with Gasteiger partial charge in [0.25, 0.3) is 0 Å². The van der Waals surface area contributed by atoms with E-state index in [9.17, 15) is 0 Å². The average Bonchev–Trinajstić information content (AvgIpc) is 2.77. The molecule has 1 saturated heterocycles. The second-order valence-electron chi connectivity index (χ2n) is 4.37. The minimum atomic E-state index is 0.666. The molecular weight excluding hydrogens is 218 g/mol. The van der Waals surface area contributed by atoms with Crippen LogP contribution in [0.3, 0.4) is 0 Å². The third kappa shape index (κ3) is 3.03. The molecule has 0 spiro atoms. The summed E-state index contributed by atoms with van der Waals surface area (Å²) in [6, 6.07) is 0.666. The summed E-state index contributed by atoms with van der Waals surface area (Å²) < 4.78 is 0. The van der Waals surface area contributed by atoms with Gasteiger partial charge in [0.1, 0.15) is 5.01 Å².